The van der Waals surface area contributed by atoms with Crippen molar-refractivity contribution in [2.45, 2.75) is 39.2 Å². The quantitative estimate of drug-likeness (QED) is 0.711. The van der Waals surface area contributed by atoms with Gasteiger partial charge in [0.2, 0.25) is 0 Å². The number of rotatable bonds is 5. The van der Waals surface area contributed by atoms with Crippen LogP contribution in [0.25, 0.3) is 0 Å². The first kappa shape index (κ1) is 15.7. The van der Waals surface area contributed by atoms with Crippen molar-refractivity contribution < 1.29 is 13.9 Å². The van der Waals surface area contributed by atoms with Crippen molar-refractivity contribution in [3.8, 4) is 5.75 Å². The normalized spacial score (nSPS) is 13.0. The summed E-state index contributed by atoms with van der Waals surface area (Å²) in [4.78, 5) is 16.7. The van der Waals surface area contributed by atoms with Crippen LogP contribution in [0, 0.1) is 0 Å². The standard InChI is InChI=1S/C20H20N2O3/c1-2-19-21-10-11-22(19)20(23)18-9-8-17(25-18)13-24-16-7-6-14-4-3-5-15(14)12-16/h6-12H,2-5,13H2,1H3. The topological polar surface area (TPSA) is 57.3 Å². The summed E-state index contributed by atoms with van der Waals surface area (Å²) in [5.41, 5.74) is 2.80. The molecule has 0 saturated carbocycles. The highest BCUT2D eigenvalue weighted by atomic mass is 16.5. The first-order valence-electron chi connectivity index (χ1n) is 8.65. The zero-order valence-electron chi connectivity index (χ0n) is 14.2. The maximum Gasteiger partial charge on any atom is 0.299 e. The van der Waals surface area contributed by atoms with Gasteiger partial charge in [0.05, 0.1) is 0 Å². The molecule has 1 aliphatic carbocycles. The van der Waals surface area contributed by atoms with Gasteiger partial charge in [-0.3, -0.25) is 9.36 Å². The smallest absolute Gasteiger partial charge is 0.299 e. The molecule has 128 valence electrons. The summed E-state index contributed by atoms with van der Waals surface area (Å²) in [5, 5.41) is 0. The molecule has 2 heterocycles. The molecule has 0 saturated heterocycles. The number of nitrogens with zero attached hydrogens (tertiary/aromatic N) is 2. The van der Waals surface area contributed by atoms with Gasteiger partial charge in [-0.05, 0) is 54.7 Å². The number of carbonyl (C=O) groups excluding carboxylic acids is 1. The first-order chi connectivity index (χ1) is 12.2. The minimum absolute atomic E-state index is 0.210. The van der Waals surface area contributed by atoms with Crippen LogP contribution in [0.1, 0.15) is 46.6 Å². The number of hydrogen-bond acceptors (Lipinski definition) is 4. The second kappa shape index (κ2) is 6.59. The second-order valence-corrected chi connectivity index (χ2v) is 6.21. The molecule has 0 radical (unpaired) electrons. The molecule has 0 N–H and O–H groups in total. The number of aryl methyl sites for hydroxylation is 3. The Morgan fingerprint density at radius 2 is 2.12 bits per heavy atom. The van der Waals surface area contributed by atoms with Crippen LogP contribution >= 0.6 is 0 Å². The molecule has 2 aromatic heterocycles. The number of ether oxygens (including phenoxy) is 1. The van der Waals surface area contributed by atoms with Gasteiger partial charge >= 0.3 is 0 Å². The Morgan fingerprint density at radius 3 is 3.00 bits per heavy atom. The van der Waals surface area contributed by atoms with Crippen LogP contribution in [0.3, 0.4) is 0 Å². The Morgan fingerprint density at radius 1 is 1.24 bits per heavy atom. The van der Waals surface area contributed by atoms with Gasteiger partial charge in [0, 0.05) is 18.8 Å². The lowest BCUT2D eigenvalue weighted by Crippen LogP contribution is -2.13. The average Bonchev–Trinajstić information content (AvgIpc) is 3.38. The minimum atomic E-state index is -0.210. The highest BCUT2D eigenvalue weighted by molar-refractivity contribution is 5.93. The monoisotopic (exact) mass is 336 g/mol. The van der Waals surface area contributed by atoms with Crippen molar-refractivity contribution in [3.63, 3.8) is 0 Å². The maximum absolute atomic E-state index is 12.5. The van der Waals surface area contributed by atoms with Gasteiger partial charge in [-0.25, -0.2) is 4.98 Å². The summed E-state index contributed by atoms with van der Waals surface area (Å²) in [7, 11) is 0. The fraction of sp³-hybridized carbons (Fsp3) is 0.300. The Bertz CT molecular complexity index is 907. The number of fused-ring (bicyclic) bond motifs is 1. The van der Waals surface area contributed by atoms with Gasteiger partial charge < -0.3 is 9.15 Å². The molecule has 5 nitrogen and oxygen atoms in total. The van der Waals surface area contributed by atoms with Crippen LogP contribution in [0.2, 0.25) is 0 Å². The van der Waals surface area contributed by atoms with Crippen LogP contribution in [0.4, 0.5) is 0 Å². The molecule has 3 aromatic rings. The average molecular weight is 336 g/mol. The lowest BCUT2D eigenvalue weighted by molar-refractivity contribution is 0.0925. The molecule has 0 spiro atoms. The third-order valence-electron chi connectivity index (χ3n) is 4.58. The van der Waals surface area contributed by atoms with E-state index in [4.69, 9.17) is 9.15 Å². The second-order valence-electron chi connectivity index (χ2n) is 6.21. The van der Waals surface area contributed by atoms with E-state index < -0.39 is 0 Å². The summed E-state index contributed by atoms with van der Waals surface area (Å²) < 4.78 is 13.0. The molecule has 0 aliphatic heterocycles. The summed E-state index contributed by atoms with van der Waals surface area (Å²) in [5.74, 6) is 2.27. The van der Waals surface area contributed by atoms with E-state index in [1.165, 1.54) is 22.1 Å². The summed E-state index contributed by atoms with van der Waals surface area (Å²) in [6.07, 6.45) is 7.47. The zero-order chi connectivity index (χ0) is 17.2. The van der Waals surface area contributed by atoms with E-state index in [1.54, 1.807) is 24.5 Å². The number of benzene rings is 1. The van der Waals surface area contributed by atoms with E-state index >= 15 is 0 Å². The van der Waals surface area contributed by atoms with E-state index in [0.29, 0.717) is 24.5 Å². The number of carbonyl (C=O) groups is 1. The molecule has 0 amide bonds. The molecule has 0 fully saturated rings. The third-order valence-corrected chi connectivity index (χ3v) is 4.58. The van der Waals surface area contributed by atoms with Gasteiger partial charge in [-0.1, -0.05) is 13.0 Å². The Labute approximate surface area is 146 Å². The predicted octanol–water partition coefficient (Wildman–Crippen LogP) is 3.79. The molecule has 25 heavy (non-hydrogen) atoms. The van der Waals surface area contributed by atoms with Crippen molar-refractivity contribution in [2.24, 2.45) is 0 Å². The largest absolute Gasteiger partial charge is 0.486 e. The number of imidazole rings is 1. The molecule has 4 rings (SSSR count). The van der Waals surface area contributed by atoms with Crippen molar-refractivity contribution >= 4 is 5.91 Å². The third kappa shape index (κ3) is 3.09. The van der Waals surface area contributed by atoms with Gasteiger partial charge in [-0.15, -0.1) is 0 Å². The van der Waals surface area contributed by atoms with E-state index in [9.17, 15) is 4.79 Å². The highest BCUT2D eigenvalue weighted by Crippen LogP contribution is 2.26. The van der Waals surface area contributed by atoms with Crippen molar-refractivity contribution in [1.82, 2.24) is 9.55 Å². The van der Waals surface area contributed by atoms with Gasteiger partial charge in [-0.2, -0.15) is 0 Å². The number of hydrogen-bond donors (Lipinski definition) is 0. The first-order valence-corrected chi connectivity index (χ1v) is 8.65. The molecule has 0 bridgehead atoms. The van der Waals surface area contributed by atoms with Crippen molar-refractivity contribution in [2.75, 3.05) is 0 Å². The van der Waals surface area contributed by atoms with Gasteiger partial charge in [0.15, 0.2) is 5.76 Å². The Balaban J connectivity index is 1.44. The van der Waals surface area contributed by atoms with E-state index in [-0.39, 0.29) is 5.91 Å². The Kier molecular flexibility index (Phi) is 4.14. The van der Waals surface area contributed by atoms with Gasteiger partial charge in [0.1, 0.15) is 23.9 Å². The van der Waals surface area contributed by atoms with Crippen LogP contribution in [0.15, 0.2) is 47.1 Å². The number of aromatic nitrogens is 2. The zero-order valence-corrected chi connectivity index (χ0v) is 14.2. The molecule has 5 heteroatoms. The fourth-order valence-corrected chi connectivity index (χ4v) is 3.26. The van der Waals surface area contributed by atoms with Crippen LogP contribution in [-0.2, 0) is 25.9 Å². The van der Waals surface area contributed by atoms with Crippen LogP contribution in [-0.4, -0.2) is 15.5 Å². The molecule has 0 unspecified atom stereocenters. The Hall–Kier alpha value is -2.82. The summed E-state index contributed by atoms with van der Waals surface area (Å²) in [6.45, 7) is 2.26. The fourth-order valence-electron chi connectivity index (χ4n) is 3.26. The molecule has 1 aliphatic rings. The lowest BCUT2D eigenvalue weighted by Gasteiger charge is -2.07. The minimum Gasteiger partial charge on any atom is -0.486 e. The van der Waals surface area contributed by atoms with Crippen LogP contribution < -0.4 is 4.74 Å². The molecular formula is C20H20N2O3. The van der Waals surface area contributed by atoms with Crippen molar-refractivity contribution in [3.05, 3.63) is 71.2 Å². The predicted molar refractivity (Wildman–Crippen MR) is 92.8 cm³/mol. The van der Waals surface area contributed by atoms with E-state index in [2.05, 4.69) is 17.1 Å². The lowest BCUT2D eigenvalue weighted by atomic mass is 10.1. The number of furan rings is 1. The molecule has 1 aromatic carbocycles. The molecule has 0 atom stereocenters. The van der Waals surface area contributed by atoms with E-state index in [1.807, 2.05) is 13.0 Å². The SMILES string of the molecule is CCc1nccn1C(=O)c1ccc(COc2ccc3c(c2)CCC3)o1. The molecular weight excluding hydrogens is 316 g/mol. The highest BCUT2D eigenvalue weighted by Gasteiger charge is 2.16. The van der Waals surface area contributed by atoms with E-state index in [0.717, 1.165) is 24.4 Å². The maximum atomic E-state index is 12.5. The van der Waals surface area contributed by atoms with Crippen molar-refractivity contribution in [1.29, 1.82) is 0 Å². The van der Waals surface area contributed by atoms with Crippen LogP contribution in [0.5, 0.6) is 5.75 Å². The summed E-state index contributed by atoms with van der Waals surface area (Å²) >= 11 is 0. The summed E-state index contributed by atoms with van der Waals surface area (Å²) in [6, 6.07) is 9.71. The van der Waals surface area contributed by atoms with Gasteiger partial charge in [0.25, 0.3) is 5.91 Å².